The molecule has 0 atom stereocenters. The molecule has 0 radical (unpaired) electrons. The van der Waals surface area contributed by atoms with E-state index in [0.29, 0.717) is 36.6 Å². The van der Waals surface area contributed by atoms with Crippen molar-refractivity contribution in [3.05, 3.63) is 74.6 Å². The molecule has 33 heavy (non-hydrogen) atoms. The van der Waals surface area contributed by atoms with Gasteiger partial charge in [-0.1, -0.05) is 31.2 Å². The maximum atomic E-state index is 12.5. The van der Waals surface area contributed by atoms with Crippen LogP contribution in [0.15, 0.2) is 52.2 Å². The normalized spacial score (nSPS) is 13.5. The maximum absolute atomic E-state index is 12.5. The van der Waals surface area contributed by atoms with Gasteiger partial charge in [0.25, 0.3) is 5.56 Å². The molecule has 170 valence electrons. The first kappa shape index (κ1) is 21.1. The third-order valence-corrected chi connectivity index (χ3v) is 5.90. The number of imidazole rings is 1. The molecule has 0 bridgehead atoms. The van der Waals surface area contributed by atoms with E-state index in [1.807, 2.05) is 41.8 Å². The number of aryl methyl sites for hydroxylation is 1. The fraction of sp³-hybridized carbons (Fsp3) is 0.333. The van der Waals surface area contributed by atoms with Gasteiger partial charge < -0.3 is 15.6 Å². The molecule has 1 aliphatic carbocycles. The number of pyridine rings is 1. The van der Waals surface area contributed by atoms with E-state index in [1.54, 1.807) is 10.8 Å². The topological polar surface area (TPSA) is 124 Å². The van der Waals surface area contributed by atoms with Crippen molar-refractivity contribution in [3.8, 4) is 11.4 Å². The van der Waals surface area contributed by atoms with Gasteiger partial charge in [-0.15, -0.1) is 0 Å². The van der Waals surface area contributed by atoms with Crippen molar-refractivity contribution in [1.82, 2.24) is 24.1 Å². The summed E-state index contributed by atoms with van der Waals surface area (Å²) in [6.45, 7) is 3.68. The first-order valence-electron chi connectivity index (χ1n) is 11.3. The molecule has 1 aromatic carbocycles. The molecule has 0 saturated heterocycles. The maximum Gasteiger partial charge on any atom is 0.330 e. The molecule has 1 saturated carbocycles. The Hall–Kier alpha value is -3.72. The largest absolute Gasteiger partial charge is 0.366 e. The molecule has 3 heterocycles. The number of aromatic amines is 1. The van der Waals surface area contributed by atoms with Crippen molar-refractivity contribution >= 4 is 17.0 Å². The molecule has 4 aromatic rings. The first-order valence-corrected chi connectivity index (χ1v) is 11.3. The number of nitrogens with zero attached hydrogens (tertiary/aromatic N) is 4. The average Bonchev–Trinajstić information content (AvgIpc) is 3.60. The molecule has 1 fully saturated rings. The van der Waals surface area contributed by atoms with E-state index in [0.717, 1.165) is 41.8 Å². The van der Waals surface area contributed by atoms with Gasteiger partial charge >= 0.3 is 5.69 Å². The minimum Gasteiger partial charge on any atom is -0.366 e. The van der Waals surface area contributed by atoms with Crippen LogP contribution in [0.1, 0.15) is 43.4 Å². The van der Waals surface area contributed by atoms with Crippen LogP contribution in [-0.2, 0) is 19.6 Å². The zero-order valence-electron chi connectivity index (χ0n) is 18.5. The number of fused-ring (bicyclic) bond motifs is 1. The van der Waals surface area contributed by atoms with Crippen LogP contribution in [0.5, 0.6) is 0 Å². The Balaban J connectivity index is 1.48. The van der Waals surface area contributed by atoms with Crippen LogP contribution in [0.2, 0.25) is 0 Å². The number of nitrogens with two attached hydrogens (primary N) is 1. The van der Waals surface area contributed by atoms with Crippen LogP contribution < -0.4 is 22.3 Å². The van der Waals surface area contributed by atoms with E-state index >= 15 is 0 Å². The third kappa shape index (κ3) is 4.07. The van der Waals surface area contributed by atoms with Gasteiger partial charge in [-0.2, -0.15) is 0 Å². The average molecular weight is 446 g/mol. The van der Waals surface area contributed by atoms with E-state index < -0.39 is 5.56 Å². The number of rotatable bonds is 8. The lowest BCUT2D eigenvalue weighted by atomic mass is 10.1. The van der Waals surface area contributed by atoms with E-state index in [-0.39, 0.29) is 11.7 Å². The van der Waals surface area contributed by atoms with E-state index in [1.165, 1.54) is 0 Å². The summed E-state index contributed by atoms with van der Waals surface area (Å²) in [6.07, 6.45) is 4.54. The number of hydrogen-bond donors (Lipinski definition) is 3. The summed E-state index contributed by atoms with van der Waals surface area (Å²) in [5.41, 5.74) is 8.82. The molecule has 0 unspecified atom stereocenters. The summed E-state index contributed by atoms with van der Waals surface area (Å²) in [5, 5.41) is 3.33. The number of H-pyrrole nitrogens is 1. The van der Waals surface area contributed by atoms with Gasteiger partial charge in [0, 0.05) is 37.4 Å². The first-order chi connectivity index (χ1) is 16.1. The quantitative estimate of drug-likeness (QED) is 0.383. The molecule has 4 N–H and O–H groups in total. The second kappa shape index (κ2) is 8.67. The number of aromatic nitrogens is 5. The Bertz CT molecular complexity index is 1410. The molecule has 1 aliphatic rings. The summed E-state index contributed by atoms with van der Waals surface area (Å²) in [5.74, 6) is 1.41. The Morgan fingerprint density at radius 1 is 1.18 bits per heavy atom. The number of anilines is 1. The molecular formula is C24H27N7O2. The highest BCUT2D eigenvalue weighted by Gasteiger charge is 2.31. The predicted octanol–water partition coefficient (Wildman–Crippen LogP) is 2.76. The SMILES string of the molecule is CCCn1c(=O)[nH]c(=O)c2nc(-c3ccc(NCc4cccc(CN)c4)nc3)n(C3CC3)c21. The highest BCUT2D eigenvalue weighted by atomic mass is 16.2. The summed E-state index contributed by atoms with van der Waals surface area (Å²) >= 11 is 0. The third-order valence-electron chi connectivity index (χ3n) is 5.90. The van der Waals surface area contributed by atoms with Gasteiger partial charge in [0.1, 0.15) is 11.6 Å². The highest BCUT2D eigenvalue weighted by molar-refractivity contribution is 5.77. The second-order valence-corrected chi connectivity index (χ2v) is 8.43. The van der Waals surface area contributed by atoms with E-state index in [4.69, 9.17) is 5.73 Å². The molecule has 3 aromatic heterocycles. The van der Waals surface area contributed by atoms with Gasteiger partial charge in [0.15, 0.2) is 11.2 Å². The van der Waals surface area contributed by atoms with Crippen molar-refractivity contribution in [2.45, 2.75) is 51.9 Å². The monoisotopic (exact) mass is 445 g/mol. The van der Waals surface area contributed by atoms with Gasteiger partial charge in [-0.3, -0.25) is 14.3 Å². The standard InChI is InChI=1S/C24H27N7O2/c1-2-10-30-23-20(22(32)29-24(30)33)28-21(31(23)18-7-8-18)17-6-9-19(27-14-17)26-13-16-5-3-4-15(11-16)12-25/h3-6,9,11,14,18H,2,7-8,10,12-13,25H2,1H3,(H,26,27)(H,29,32,33). The Morgan fingerprint density at radius 3 is 2.70 bits per heavy atom. The van der Waals surface area contributed by atoms with Crippen molar-refractivity contribution in [2.75, 3.05) is 5.32 Å². The van der Waals surface area contributed by atoms with Crippen LogP contribution in [0.25, 0.3) is 22.6 Å². The zero-order valence-corrected chi connectivity index (χ0v) is 18.5. The fourth-order valence-electron chi connectivity index (χ4n) is 4.16. The van der Waals surface area contributed by atoms with Crippen LogP contribution in [0.4, 0.5) is 5.82 Å². The Kier molecular flexibility index (Phi) is 5.55. The second-order valence-electron chi connectivity index (χ2n) is 8.43. The number of hydrogen-bond acceptors (Lipinski definition) is 6. The number of benzene rings is 1. The Morgan fingerprint density at radius 2 is 2.00 bits per heavy atom. The van der Waals surface area contributed by atoms with E-state index in [2.05, 4.69) is 26.3 Å². The Labute approximate surface area is 190 Å². The van der Waals surface area contributed by atoms with E-state index in [9.17, 15) is 9.59 Å². The van der Waals surface area contributed by atoms with Crippen molar-refractivity contribution in [3.63, 3.8) is 0 Å². The van der Waals surface area contributed by atoms with Gasteiger partial charge in [-0.05, 0) is 42.5 Å². The van der Waals surface area contributed by atoms with Gasteiger partial charge in [0.2, 0.25) is 0 Å². The highest BCUT2D eigenvalue weighted by Crippen LogP contribution is 2.40. The molecule has 5 rings (SSSR count). The van der Waals surface area contributed by atoms with Crippen LogP contribution >= 0.6 is 0 Å². The molecule has 0 spiro atoms. The summed E-state index contributed by atoms with van der Waals surface area (Å²) in [4.78, 5) is 36.7. The fourth-order valence-corrected chi connectivity index (χ4v) is 4.16. The summed E-state index contributed by atoms with van der Waals surface area (Å²) in [6, 6.07) is 12.2. The number of nitrogens with one attached hydrogen (secondary N) is 2. The molecule has 9 heteroatoms. The summed E-state index contributed by atoms with van der Waals surface area (Å²) in [7, 11) is 0. The minimum atomic E-state index is -0.450. The van der Waals surface area contributed by atoms with Gasteiger partial charge in [-0.25, -0.2) is 14.8 Å². The van der Waals surface area contributed by atoms with Crippen LogP contribution in [0, 0.1) is 0 Å². The van der Waals surface area contributed by atoms with Crippen LogP contribution in [0.3, 0.4) is 0 Å². The summed E-state index contributed by atoms with van der Waals surface area (Å²) < 4.78 is 3.68. The smallest absolute Gasteiger partial charge is 0.330 e. The molecule has 9 nitrogen and oxygen atoms in total. The zero-order chi connectivity index (χ0) is 22.9. The lowest BCUT2D eigenvalue weighted by molar-refractivity contribution is 0.628. The lowest BCUT2D eigenvalue weighted by Gasteiger charge is -2.12. The lowest BCUT2D eigenvalue weighted by Crippen LogP contribution is -2.31. The van der Waals surface area contributed by atoms with Crippen molar-refractivity contribution in [1.29, 1.82) is 0 Å². The predicted molar refractivity (Wildman–Crippen MR) is 128 cm³/mol. The minimum absolute atomic E-state index is 0.238. The van der Waals surface area contributed by atoms with Crippen molar-refractivity contribution in [2.24, 2.45) is 5.73 Å². The van der Waals surface area contributed by atoms with Crippen LogP contribution in [-0.4, -0.2) is 24.1 Å². The molecule has 0 amide bonds. The van der Waals surface area contributed by atoms with Crippen molar-refractivity contribution < 1.29 is 0 Å². The van der Waals surface area contributed by atoms with Gasteiger partial charge in [0.05, 0.1) is 0 Å². The molecule has 0 aliphatic heterocycles. The molecular weight excluding hydrogens is 418 g/mol.